The zero-order chi connectivity index (χ0) is 17.7. The third-order valence-electron chi connectivity index (χ3n) is 4.18. The molecule has 1 aliphatic rings. The lowest BCUT2D eigenvalue weighted by molar-refractivity contribution is -0.00246. The second kappa shape index (κ2) is 7.63. The van der Waals surface area contributed by atoms with E-state index in [9.17, 15) is 14.7 Å². The lowest BCUT2D eigenvalue weighted by Gasteiger charge is -2.21. The fourth-order valence-electron chi connectivity index (χ4n) is 2.64. The normalized spacial score (nSPS) is 20.1. The van der Waals surface area contributed by atoms with Crippen molar-refractivity contribution in [2.75, 3.05) is 31.6 Å². The molecule has 132 valence electrons. The number of likely N-dealkylation sites (tertiary alicyclic amines) is 1. The zero-order valence-electron chi connectivity index (χ0n) is 14.1. The van der Waals surface area contributed by atoms with Crippen molar-refractivity contribution in [1.82, 2.24) is 10.2 Å². The van der Waals surface area contributed by atoms with Crippen LogP contribution in [-0.4, -0.2) is 58.9 Å². The van der Waals surface area contributed by atoms with Gasteiger partial charge in [-0.05, 0) is 43.5 Å². The van der Waals surface area contributed by atoms with E-state index < -0.39 is 5.60 Å². The van der Waals surface area contributed by atoms with Gasteiger partial charge >= 0.3 is 6.03 Å². The van der Waals surface area contributed by atoms with Crippen LogP contribution in [0, 0.1) is 6.92 Å². The number of aryl methyl sites for hydroxylation is 1. The number of aliphatic hydroxyl groups excluding tert-OH is 1. The van der Waals surface area contributed by atoms with Gasteiger partial charge in [-0.15, -0.1) is 0 Å². The summed E-state index contributed by atoms with van der Waals surface area (Å²) in [6.45, 7) is 4.56. The number of carbonyl (C=O) groups excluding carboxylic acids is 2. The summed E-state index contributed by atoms with van der Waals surface area (Å²) in [6.07, 6.45) is 1.22. The molecule has 0 bridgehead atoms. The quantitative estimate of drug-likeness (QED) is 0.647. The van der Waals surface area contributed by atoms with Gasteiger partial charge in [0.15, 0.2) is 0 Å². The second-order valence-corrected chi connectivity index (χ2v) is 6.27. The number of hydrogen-bond acceptors (Lipinski definition) is 4. The van der Waals surface area contributed by atoms with Crippen molar-refractivity contribution in [3.8, 4) is 0 Å². The molecular weight excluding hydrogens is 310 g/mol. The van der Waals surface area contributed by atoms with Crippen molar-refractivity contribution < 1.29 is 19.8 Å². The standard InChI is InChI=1S/C17H25N3O4/c1-3-7-18-15(22)13-4-5-14(12(2)9-13)19-16(23)20-8-6-17(24,10-20)11-21/h4-5,9,21,24H,3,6-8,10-11H2,1-2H3,(H,18,22)(H,19,23)/t17-/m0/s1. The Balaban J connectivity index is 2.00. The highest BCUT2D eigenvalue weighted by atomic mass is 16.3. The Bertz CT molecular complexity index is 620. The largest absolute Gasteiger partial charge is 0.393 e. The van der Waals surface area contributed by atoms with Gasteiger partial charge in [0.05, 0.1) is 13.2 Å². The number of hydrogen-bond donors (Lipinski definition) is 4. The molecule has 1 aliphatic heterocycles. The fraction of sp³-hybridized carbons (Fsp3) is 0.529. The minimum Gasteiger partial charge on any atom is -0.393 e. The van der Waals surface area contributed by atoms with Gasteiger partial charge in [0.1, 0.15) is 5.60 Å². The maximum atomic E-state index is 12.3. The Morgan fingerprint density at radius 1 is 1.38 bits per heavy atom. The predicted molar refractivity (Wildman–Crippen MR) is 91.0 cm³/mol. The van der Waals surface area contributed by atoms with Gasteiger partial charge in [0.2, 0.25) is 0 Å². The van der Waals surface area contributed by atoms with Crippen molar-refractivity contribution in [3.05, 3.63) is 29.3 Å². The lowest BCUT2D eigenvalue weighted by Crippen LogP contribution is -2.40. The molecule has 2 rings (SSSR count). The molecule has 1 heterocycles. The van der Waals surface area contributed by atoms with Crippen molar-refractivity contribution in [2.24, 2.45) is 0 Å². The van der Waals surface area contributed by atoms with E-state index in [-0.39, 0.29) is 25.1 Å². The monoisotopic (exact) mass is 335 g/mol. The van der Waals surface area contributed by atoms with Crippen LogP contribution in [0.5, 0.6) is 0 Å². The fourth-order valence-corrected chi connectivity index (χ4v) is 2.64. The van der Waals surface area contributed by atoms with E-state index in [4.69, 9.17) is 5.11 Å². The molecule has 7 heteroatoms. The molecule has 0 radical (unpaired) electrons. The van der Waals surface area contributed by atoms with E-state index in [0.717, 1.165) is 12.0 Å². The van der Waals surface area contributed by atoms with E-state index in [1.54, 1.807) is 18.2 Å². The van der Waals surface area contributed by atoms with Gasteiger partial charge < -0.3 is 25.7 Å². The molecule has 1 atom stereocenters. The molecule has 4 N–H and O–H groups in total. The summed E-state index contributed by atoms with van der Waals surface area (Å²) in [5, 5.41) is 24.7. The molecule has 3 amide bonds. The number of nitrogens with zero attached hydrogens (tertiary/aromatic N) is 1. The Morgan fingerprint density at radius 3 is 2.71 bits per heavy atom. The summed E-state index contributed by atoms with van der Waals surface area (Å²) in [4.78, 5) is 25.7. The van der Waals surface area contributed by atoms with Crippen molar-refractivity contribution in [3.63, 3.8) is 0 Å². The van der Waals surface area contributed by atoms with E-state index >= 15 is 0 Å². The number of carbonyl (C=O) groups is 2. The molecule has 1 saturated heterocycles. The lowest BCUT2D eigenvalue weighted by atomic mass is 10.1. The minimum atomic E-state index is -1.21. The summed E-state index contributed by atoms with van der Waals surface area (Å²) in [6, 6.07) is 4.77. The van der Waals surface area contributed by atoms with Crippen molar-refractivity contribution in [2.45, 2.75) is 32.3 Å². The molecule has 0 unspecified atom stereocenters. The van der Waals surface area contributed by atoms with Crippen LogP contribution < -0.4 is 10.6 Å². The van der Waals surface area contributed by atoms with Crippen LogP contribution >= 0.6 is 0 Å². The smallest absolute Gasteiger partial charge is 0.321 e. The molecule has 0 spiro atoms. The molecule has 0 aromatic heterocycles. The van der Waals surface area contributed by atoms with Gasteiger partial charge in [-0.2, -0.15) is 0 Å². The van der Waals surface area contributed by atoms with Crippen LogP contribution in [0.1, 0.15) is 35.7 Å². The summed E-state index contributed by atoms with van der Waals surface area (Å²) in [5.74, 6) is -0.134. The molecule has 1 aromatic carbocycles. The summed E-state index contributed by atoms with van der Waals surface area (Å²) in [5.41, 5.74) is 0.735. The number of nitrogens with one attached hydrogen (secondary N) is 2. The number of urea groups is 1. The van der Waals surface area contributed by atoms with Crippen LogP contribution in [0.25, 0.3) is 0 Å². The highest BCUT2D eigenvalue weighted by molar-refractivity contribution is 5.96. The number of anilines is 1. The van der Waals surface area contributed by atoms with Crippen LogP contribution in [0.4, 0.5) is 10.5 Å². The Hall–Kier alpha value is -2.12. The average molecular weight is 335 g/mol. The zero-order valence-corrected chi connectivity index (χ0v) is 14.1. The molecular formula is C17H25N3O4. The topological polar surface area (TPSA) is 102 Å². The first kappa shape index (κ1) is 18.2. The van der Waals surface area contributed by atoms with E-state index in [1.807, 2.05) is 13.8 Å². The van der Waals surface area contributed by atoms with Crippen molar-refractivity contribution in [1.29, 1.82) is 0 Å². The third-order valence-corrected chi connectivity index (χ3v) is 4.18. The molecule has 7 nitrogen and oxygen atoms in total. The number of amides is 3. The number of benzene rings is 1. The first-order valence-corrected chi connectivity index (χ1v) is 8.16. The van der Waals surface area contributed by atoms with E-state index in [1.165, 1.54) is 4.90 Å². The number of rotatable bonds is 5. The Labute approximate surface area is 141 Å². The summed E-state index contributed by atoms with van der Waals surface area (Å²) < 4.78 is 0. The molecule has 1 aromatic rings. The van der Waals surface area contributed by atoms with Gasteiger partial charge in [0.25, 0.3) is 5.91 Å². The molecule has 0 aliphatic carbocycles. The average Bonchev–Trinajstić information content (AvgIpc) is 2.97. The van der Waals surface area contributed by atoms with E-state index in [0.29, 0.717) is 30.8 Å². The van der Waals surface area contributed by atoms with Crippen LogP contribution in [0.15, 0.2) is 18.2 Å². The maximum Gasteiger partial charge on any atom is 0.321 e. The Morgan fingerprint density at radius 2 is 2.12 bits per heavy atom. The number of aliphatic hydroxyl groups is 2. The third kappa shape index (κ3) is 4.24. The van der Waals surface area contributed by atoms with Crippen LogP contribution in [-0.2, 0) is 0 Å². The van der Waals surface area contributed by atoms with Crippen LogP contribution in [0.2, 0.25) is 0 Å². The molecule has 1 fully saturated rings. The summed E-state index contributed by atoms with van der Waals surface area (Å²) >= 11 is 0. The minimum absolute atomic E-state index is 0.103. The second-order valence-electron chi connectivity index (χ2n) is 6.27. The van der Waals surface area contributed by atoms with Gasteiger partial charge in [0, 0.05) is 24.3 Å². The first-order chi connectivity index (χ1) is 11.4. The SMILES string of the molecule is CCCNC(=O)c1ccc(NC(=O)N2CC[C@@](O)(CO)C2)c(C)c1. The highest BCUT2D eigenvalue weighted by Gasteiger charge is 2.37. The molecule has 24 heavy (non-hydrogen) atoms. The first-order valence-electron chi connectivity index (χ1n) is 8.16. The molecule has 0 saturated carbocycles. The van der Waals surface area contributed by atoms with Gasteiger partial charge in [-0.25, -0.2) is 4.79 Å². The van der Waals surface area contributed by atoms with Crippen LogP contribution in [0.3, 0.4) is 0 Å². The predicted octanol–water partition coefficient (Wildman–Crippen LogP) is 1.10. The van der Waals surface area contributed by atoms with Crippen molar-refractivity contribution >= 4 is 17.6 Å². The Kier molecular flexibility index (Phi) is 5.80. The van der Waals surface area contributed by atoms with Gasteiger partial charge in [-0.3, -0.25) is 4.79 Å². The maximum absolute atomic E-state index is 12.3. The summed E-state index contributed by atoms with van der Waals surface area (Å²) in [7, 11) is 0. The van der Waals surface area contributed by atoms with E-state index in [2.05, 4.69) is 10.6 Å². The number of β-amino-alcohol motifs (C(OH)–C–C–N with tert-alkyl or cyclic N) is 1. The highest BCUT2D eigenvalue weighted by Crippen LogP contribution is 2.23. The van der Waals surface area contributed by atoms with Gasteiger partial charge in [-0.1, -0.05) is 6.92 Å².